The van der Waals surface area contributed by atoms with Crippen LogP contribution < -0.4 is 4.74 Å². The number of ether oxygens (including phenoxy) is 1. The van der Waals surface area contributed by atoms with E-state index in [0.717, 1.165) is 12.3 Å². The van der Waals surface area contributed by atoms with E-state index in [1.54, 1.807) is 30.2 Å². The number of H-pyrrole nitrogens is 1. The summed E-state index contributed by atoms with van der Waals surface area (Å²) in [6.45, 7) is 3.17. The quantitative estimate of drug-likeness (QED) is 0.399. The number of piperazine rings is 1. The predicted molar refractivity (Wildman–Crippen MR) is 139 cm³/mol. The number of fused-ring (bicyclic) bond motifs is 1. The van der Waals surface area contributed by atoms with Crippen molar-refractivity contribution >= 4 is 38.2 Å². The molecule has 1 amide bonds. The lowest BCUT2D eigenvalue weighted by molar-refractivity contribution is 0.0620. The number of aromatic amines is 1. The molecule has 0 unspecified atom stereocenters. The van der Waals surface area contributed by atoms with Crippen molar-refractivity contribution in [2.24, 2.45) is 0 Å². The first kappa shape index (κ1) is 24.4. The third-order valence-corrected chi connectivity index (χ3v) is 8.60. The summed E-state index contributed by atoms with van der Waals surface area (Å²) in [6, 6.07) is 21.0. The molecule has 1 fully saturated rings. The number of methoxy groups -OCH3 is 1. The van der Waals surface area contributed by atoms with Gasteiger partial charge in [0, 0.05) is 48.6 Å². The summed E-state index contributed by atoms with van der Waals surface area (Å²) in [5.74, 6) is 0.500. The molecule has 9 heteroatoms. The Morgan fingerprint density at radius 2 is 1.61 bits per heavy atom. The smallest absolute Gasteiger partial charge is 0.271 e. The van der Waals surface area contributed by atoms with E-state index in [1.807, 2.05) is 30.3 Å². The molecule has 7 nitrogen and oxygen atoms in total. The number of sulfone groups is 1. The number of carbonyl (C=O) groups excluding carboxylic acids is 1. The van der Waals surface area contributed by atoms with Crippen molar-refractivity contribution < 1.29 is 17.9 Å². The zero-order chi connectivity index (χ0) is 25.3. The van der Waals surface area contributed by atoms with Gasteiger partial charge in [0.15, 0.2) is 0 Å². The van der Waals surface area contributed by atoms with Crippen molar-refractivity contribution in [3.63, 3.8) is 0 Å². The standard InChI is InChI=1S/C27H26ClN3O4S/c1-35-21-10-6-19(7-11-21)18-30-14-16-31(17-15-30)27(32)25-26(23-4-2-3-5-24(23)29-25)36(33,34)22-12-8-20(28)9-13-22/h2-13,29H,14-18H2,1H3. The van der Waals surface area contributed by atoms with Gasteiger partial charge in [0.2, 0.25) is 9.84 Å². The second kappa shape index (κ2) is 9.97. The summed E-state index contributed by atoms with van der Waals surface area (Å²) >= 11 is 5.97. The van der Waals surface area contributed by atoms with Crippen molar-refractivity contribution in [3.8, 4) is 5.75 Å². The minimum atomic E-state index is -3.97. The van der Waals surface area contributed by atoms with Crippen LogP contribution in [0, 0.1) is 0 Å². The molecule has 1 aliphatic rings. The van der Waals surface area contributed by atoms with Gasteiger partial charge in [0.25, 0.3) is 5.91 Å². The molecule has 0 aliphatic carbocycles. The highest BCUT2D eigenvalue weighted by Crippen LogP contribution is 2.33. The minimum absolute atomic E-state index is 0.00563. The summed E-state index contributed by atoms with van der Waals surface area (Å²) in [5.41, 5.74) is 1.86. The Bertz CT molecular complexity index is 1490. The number of aromatic nitrogens is 1. The lowest BCUT2D eigenvalue weighted by Crippen LogP contribution is -2.48. The maximum atomic E-state index is 13.7. The molecule has 0 atom stereocenters. The minimum Gasteiger partial charge on any atom is -0.497 e. The second-order valence-corrected chi connectivity index (χ2v) is 11.1. The van der Waals surface area contributed by atoms with Crippen LogP contribution in [0.15, 0.2) is 82.6 Å². The third kappa shape index (κ3) is 4.72. The molecule has 1 aromatic heterocycles. The number of hydrogen-bond acceptors (Lipinski definition) is 5. The molecule has 0 radical (unpaired) electrons. The number of hydrogen-bond donors (Lipinski definition) is 1. The molecule has 186 valence electrons. The summed E-state index contributed by atoms with van der Waals surface area (Å²) in [6.07, 6.45) is 0. The van der Waals surface area contributed by atoms with Gasteiger partial charge in [-0.3, -0.25) is 9.69 Å². The molecule has 3 aromatic carbocycles. The van der Waals surface area contributed by atoms with Gasteiger partial charge in [0.1, 0.15) is 16.3 Å². The fourth-order valence-electron chi connectivity index (χ4n) is 4.53. The van der Waals surface area contributed by atoms with Crippen LogP contribution in [-0.2, 0) is 16.4 Å². The van der Waals surface area contributed by atoms with Crippen LogP contribution in [0.25, 0.3) is 10.9 Å². The first-order valence-electron chi connectivity index (χ1n) is 11.6. The number of benzene rings is 3. The first-order chi connectivity index (χ1) is 17.4. The molecule has 2 heterocycles. The molecule has 1 saturated heterocycles. The van der Waals surface area contributed by atoms with Crippen molar-refractivity contribution in [1.29, 1.82) is 0 Å². The number of rotatable bonds is 6. The number of halogens is 1. The summed E-state index contributed by atoms with van der Waals surface area (Å²) < 4.78 is 32.6. The van der Waals surface area contributed by atoms with Crippen molar-refractivity contribution in [2.75, 3.05) is 33.3 Å². The molecular weight excluding hydrogens is 498 g/mol. The number of nitrogens with one attached hydrogen (secondary N) is 1. The van der Waals surface area contributed by atoms with E-state index in [2.05, 4.69) is 9.88 Å². The highest BCUT2D eigenvalue weighted by Gasteiger charge is 2.32. The van der Waals surface area contributed by atoms with Gasteiger partial charge in [0.05, 0.1) is 12.0 Å². The van der Waals surface area contributed by atoms with Crippen molar-refractivity contribution in [1.82, 2.24) is 14.8 Å². The molecule has 0 bridgehead atoms. The van der Waals surface area contributed by atoms with Crippen LogP contribution in [0.5, 0.6) is 5.75 Å². The number of carbonyl (C=O) groups is 1. The number of para-hydroxylation sites is 1. The summed E-state index contributed by atoms with van der Waals surface area (Å²) in [4.78, 5) is 20.8. The molecule has 1 N–H and O–H groups in total. The van der Waals surface area contributed by atoms with E-state index in [0.29, 0.717) is 42.1 Å². The van der Waals surface area contributed by atoms with E-state index in [-0.39, 0.29) is 21.4 Å². The molecule has 0 saturated carbocycles. The highest BCUT2D eigenvalue weighted by molar-refractivity contribution is 7.91. The SMILES string of the molecule is COc1ccc(CN2CCN(C(=O)c3[nH]c4ccccc4c3S(=O)(=O)c3ccc(Cl)cc3)CC2)cc1. The van der Waals surface area contributed by atoms with E-state index < -0.39 is 9.84 Å². The average molecular weight is 524 g/mol. The lowest BCUT2D eigenvalue weighted by Gasteiger charge is -2.34. The largest absolute Gasteiger partial charge is 0.497 e. The number of amides is 1. The van der Waals surface area contributed by atoms with E-state index in [4.69, 9.17) is 16.3 Å². The van der Waals surface area contributed by atoms with Gasteiger partial charge >= 0.3 is 0 Å². The topological polar surface area (TPSA) is 82.7 Å². The fourth-order valence-corrected chi connectivity index (χ4v) is 6.26. The first-order valence-corrected chi connectivity index (χ1v) is 13.5. The van der Waals surface area contributed by atoms with Gasteiger partial charge in [-0.05, 0) is 48.0 Å². The Morgan fingerprint density at radius 3 is 2.28 bits per heavy atom. The Labute approximate surface area is 215 Å². The maximum Gasteiger partial charge on any atom is 0.271 e. The molecule has 1 aliphatic heterocycles. The molecule has 36 heavy (non-hydrogen) atoms. The predicted octanol–water partition coefficient (Wildman–Crippen LogP) is 4.62. The molecule has 5 rings (SSSR count). The molecule has 4 aromatic rings. The van der Waals surface area contributed by atoms with Crippen molar-refractivity contribution in [2.45, 2.75) is 16.3 Å². The van der Waals surface area contributed by atoms with Crippen LogP contribution in [0.2, 0.25) is 5.02 Å². The van der Waals surface area contributed by atoms with Crippen LogP contribution >= 0.6 is 11.6 Å². The monoisotopic (exact) mass is 523 g/mol. The van der Waals surface area contributed by atoms with Crippen LogP contribution in [0.1, 0.15) is 16.1 Å². The van der Waals surface area contributed by atoms with E-state index in [1.165, 1.54) is 29.8 Å². The van der Waals surface area contributed by atoms with Crippen LogP contribution in [-0.4, -0.2) is 62.4 Å². The molecule has 0 spiro atoms. The average Bonchev–Trinajstić information content (AvgIpc) is 3.30. The highest BCUT2D eigenvalue weighted by atomic mass is 35.5. The van der Waals surface area contributed by atoms with Crippen molar-refractivity contribution in [3.05, 3.63) is 89.1 Å². The van der Waals surface area contributed by atoms with Gasteiger partial charge in [-0.25, -0.2) is 8.42 Å². The Kier molecular flexibility index (Phi) is 6.75. The summed E-state index contributed by atoms with van der Waals surface area (Å²) in [5, 5.41) is 0.936. The lowest BCUT2D eigenvalue weighted by atomic mass is 10.2. The molecular formula is C27H26ClN3O4S. The number of nitrogens with zero attached hydrogens (tertiary/aromatic N) is 2. The summed E-state index contributed by atoms with van der Waals surface area (Å²) in [7, 11) is -2.33. The van der Waals surface area contributed by atoms with Gasteiger partial charge in [-0.2, -0.15) is 0 Å². The van der Waals surface area contributed by atoms with E-state index in [9.17, 15) is 13.2 Å². The third-order valence-electron chi connectivity index (χ3n) is 6.49. The van der Waals surface area contributed by atoms with Gasteiger partial charge in [-0.15, -0.1) is 0 Å². The Balaban J connectivity index is 1.39. The van der Waals surface area contributed by atoms with Crippen LogP contribution in [0.4, 0.5) is 0 Å². The zero-order valence-corrected chi connectivity index (χ0v) is 21.3. The Hall–Kier alpha value is -3.33. The maximum absolute atomic E-state index is 13.7. The zero-order valence-electron chi connectivity index (χ0n) is 19.8. The normalized spacial score (nSPS) is 14.8. The fraction of sp³-hybridized carbons (Fsp3) is 0.222. The van der Waals surface area contributed by atoms with Gasteiger partial charge < -0.3 is 14.6 Å². The van der Waals surface area contributed by atoms with E-state index >= 15 is 0 Å². The second-order valence-electron chi connectivity index (χ2n) is 8.75. The van der Waals surface area contributed by atoms with Crippen LogP contribution in [0.3, 0.4) is 0 Å². The van der Waals surface area contributed by atoms with Gasteiger partial charge in [-0.1, -0.05) is 41.9 Å². The Morgan fingerprint density at radius 1 is 0.944 bits per heavy atom.